The van der Waals surface area contributed by atoms with E-state index in [-0.39, 0.29) is 5.92 Å². The predicted molar refractivity (Wildman–Crippen MR) is 62.7 cm³/mol. The summed E-state index contributed by atoms with van der Waals surface area (Å²) < 4.78 is 0. The Bertz CT molecular complexity index is 309. The normalized spacial score (nSPS) is 15.3. The lowest BCUT2D eigenvalue weighted by Crippen LogP contribution is -2.47. The molecule has 0 radical (unpaired) electrons. The van der Waals surface area contributed by atoms with E-state index in [1.54, 1.807) is 0 Å². The van der Waals surface area contributed by atoms with Crippen LogP contribution >= 0.6 is 0 Å². The Morgan fingerprint density at radius 2 is 1.73 bits per heavy atom. The highest BCUT2D eigenvalue weighted by Crippen LogP contribution is 2.32. The maximum absolute atomic E-state index is 11.5. The quantitative estimate of drug-likeness (QED) is 0.703. The van der Waals surface area contributed by atoms with Gasteiger partial charge in [-0.15, -0.1) is 0 Å². The fourth-order valence-corrected chi connectivity index (χ4v) is 2.12. The van der Waals surface area contributed by atoms with Gasteiger partial charge in [0.25, 0.3) is 0 Å². The summed E-state index contributed by atoms with van der Waals surface area (Å²) in [7, 11) is 3.89. The van der Waals surface area contributed by atoms with Gasteiger partial charge in [-0.1, -0.05) is 44.2 Å². The molecule has 0 spiro atoms. The zero-order valence-electron chi connectivity index (χ0n) is 9.90. The van der Waals surface area contributed by atoms with Crippen LogP contribution in [0, 0.1) is 5.92 Å². The smallest absolute Gasteiger partial charge is 0.145 e. The monoisotopic (exact) mass is 205 g/mol. The Balaban J connectivity index is 3.28. The number of nitrogens with zero attached hydrogens (tertiary/aromatic N) is 1. The molecule has 1 rings (SSSR count). The molecule has 1 aromatic rings. The van der Waals surface area contributed by atoms with E-state index in [4.69, 9.17) is 0 Å². The van der Waals surface area contributed by atoms with Gasteiger partial charge >= 0.3 is 0 Å². The molecule has 1 atom stereocenters. The van der Waals surface area contributed by atoms with Crippen molar-refractivity contribution in [2.75, 3.05) is 14.1 Å². The van der Waals surface area contributed by atoms with Crippen LogP contribution in [0.3, 0.4) is 0 Å². The van der Waals surface area contributed by atoms with Gasteiger partial charge in [0.15, 0.2) is 0 Å². The van der Waals surface area contributed by atoms with Crippen LogP contribution in [0.1, 0.15) is 19.4 Å². The van der Waals surface area contributed by atoms with E-state index in [9.17, 15) is 4.79 Å². The van der Waals surface area contributed by atoms with Gasteiger partial charge in [0.2, 0.25) is 0 Å². The summed E-state index contributed by atoms with van der Waals surface area (Å²) >= 11 is 0. The highest BCUT2D eigenvalue weighted by atomic mass is 16.1. The van der Waals surface area contributed by atoms with Crippen molar-refractivity contribution in [3.8, 4) is 0 Å². The minimum atomic E-state index is -0.513. The van der Waals surface area contributed by atoms with Gasteiger partial charge in [-0.2, -0.15) is 0 Å². The molecular formula is C13H19NO. The second-order valence-electron chi connectivity index (χ2n) is 4.36. The topological polar surface area (TPSA) is 20.3 Å². The molecule has 0 saturated carbocycles. The number of rotatable bonds is 4. The first-order valence-electron chi connectivity index (χ1n) is 5.25. The lowest BCUT2D eigenvalue weighted by atomic mass is 9.80. The number of hydrogen-bond acceptors (Lipinski definition) is 2. The van der Waals surface area contributed by atoms with Gasteiger partial charge in [-0.25, -0.2) is 0 Å². The first-order valence-corrected chi connectivity index (χ1v) is 5.25. The minimum absolute atomic E-state index is 0.243. The van der Waals surface area contributed by atoms with Crippen LogP contribution in [0.4, 0.5) is 0 Å². The summed E-state index contributed by atoms with van der Waals surface area (Å²) in [4.78, 5) is 13.5. The maximum Gasteiger partial charge on any atom is 0.145 e. The number of aldehydes is 1. The Labute approximate surface area is 91.9 Å². The van der Waals surface area contributed by atoms with Crippen LogP contribution in [-0.4, -0.2) is 25.3 Å². The average molecular weight is 205 g/mol. The van der Waals surface area contributed by atoms with E-state index in [0.29, 0.717) is 0 Å². The molecule has 0 aromatic heterocycles. The number of carbonyl (C=O) groups is 1. The standard InChI is InChI=1S/C13H19NO/c1-11(2)13(10-15,14(3)4)12-8-6-5-7-9-12/h5-11H,1-4H3/t13-/m0/s1. The molecule has 0 aliphatic carbocycles. The van der Waals surface area contributed by atoms with Crippen LogP contribution < -0.4 is 0 Å². The molecule has 0 bridgehead atoms. The largest absolute Gasteiger partial charge is 0.301 e. The van der Waals surface area contributed by atoms with Gasteiger partial charge < -0.3 is 4.79 Å². The van der Waals surface area contributed by atoms with Crippen LogP contribution in [0.15, 0.2) is 30.3 Å². The molecule has 2 heteroatoms. The fourth-order valence-electron chi connectivity index (χ4n) is 2.12. The zero-order valence-corrected chi connectivity index (χ0v) is 9.90. The molecule has 82 valence electrons. The van der Waals surface area contributed by atoms with Crippen molar-refractivity contribution in [1.82, 2.24) is 4.90 Å². The van der Waals surface area contributed by atoms with Crippen LogP contribution in [-0.2, 0) is 10.3 Å². The van der Waals surface area contributed by atoms with Gasteiger partial charge in [0, 0.05) is 0 Å². The predicted octanol–water partition coefficient (Wildman–Crippen LogP) is 2.30. The third-order valence-electron chi connectivity index (χ3n) is 3.04. The zero-order chi connectivity index (χ0) is 11.5. The summed E-state index contributed by atoms with van der Waals surface area (Å²) in [6, 6.07) is 9.93. The number of hydrogen-bond donors (Lipinski definition) is 0. The van der Waals surface area contributed by atoms with Crippen molar-refractivity contribution in [2.45, 2.75) is 19.4 Å². The molecular weight excluding hydrogens is 186 g/mol. The highest BCUT2D eigenvalue weighted by Gasteiger charge is 2.37. The third kappa shape index (κ3) is 1.95. The first kappa shape index (κ1) is 11.9. The molecule has 0 aliphatic heterocycles. The highest BCUT2D eigenvalue weighted by molar-refractivity contribution is 5.68. The van der Waals surface area contributed by atoms with Crippen LogP contribution in [0.5, 0.6) is 0 Å². The molecule has 0 fully saturated rings. The summed E-state index contributed by atoms with van der Waals surface area (Å²) in [5, 5.41) is 0. The van der Waals surface area contributed by atoms with E-state index in [1.165, 1.54) is 0 Å². The van der Waals surface area contributed by atoms with Crippen molar-refractivity contribution in [1.29, 1.82) is 0 Å². The molecule has 0 unspecified atom stereocenters. The van der Waals surface area contributed by atoms with Crippen LogP contribution in [0.25, 0.3) is 0 Å². The van der Waals surface area contributed by atoms with E-state index < -0.39 is 5.54 Å². The van der Waals surface area contributed by atoms with Gasteiger partial charge in [-0.3, -0.25) is 4.90 Å². The molecule has 0 N–H and O–H groups in total. The Kier molecular flexibility index (Phi) is 3.64. The Hall–Kier alpha value is -1.15. The van der Waals surface area contributed by atoms with Crippen molar-refractivity contribution in [3.63, 3.8) is 0 Å². The second kappa shape index (κ2) is 4.58. The van der Waals surface area contributed by atoms with Crippen molar-refractivity contribution in [3.05, 3.63) is 35.9 Å². The summed E-state index contributed by atoms with van der Waals surface area (Å²) in [5.74, 6) is 0.243. The maximum atomic E-state index is 11.5. The van der Waals surface area contributed by atoms with Gasteiger partial charge in [0.05, 0.1) is 0 Å². The lowest BCUT2D eigenvalue weighted by molar-refractivity contribution is -0.120. The number of benzene rings is 1. The second-order valence-corrected chi connectivity index (χ2v) is 4.36. The number of likely N-dealkylation sites (N-methyl/N-ethyl adjacent to an activating group) is 1. The van der Waals surface area contributed by atoms with Gasteiger partial charge in [-0.05, 0) is 25.6 Å². The Morgan fingerprint density at radius 3 is 2.07 bits per heavy atom. The van der Waals surface area contributed by atoms with Gasteiger partial charge in [0.1, 0.15) is 11.8 Å². The molecule has 0 heterocycles. The van der Waals surface area contributed by atoms with E-state index in [1.807, 2.05) is 49.3 Å². The summed E-state index contributed by atoms with van der Waals surface area (Å²) in [5.41, 5.74) is 0.543. The van der Waals surface area contributed by atoms with Crippen LogP contribution in [0.2, 0.25) is 0 Å². The molecule has 0 amide bonds. The third-order valence-corrected chi connectivity index (χ3v) is 3.04. The summed E-state index contributed by atoms with van der Waals surface area (Å²) in [6.45, 7) is 4.14. The minimum Gasteiger partial charge on any atom is -0.301 e. The first-order chi connectivity index (χ1) is 7.05. The van der Waals surface area contributed by atoms with Crippen molar-refractivity contribution >= 4 is 6.29 Å². The summed E-state index contributed by atoms with van der Waals surface area (Å²) in [6.07, 6.45) is 1.05. The molecule has 15 heavy (non-hydrogen) atoms. The fraction of sp³-hybridized carbons (Fsp3) is 0.462. The molecule has 2 nitrogen and oxygen atoms in total. The van der Waals surface area contributed by atoms with E-state index in [2.05, 4.69) is 13.8 Å². The van der Waals surface area contributed by atoms with E-state index in [0.717, 1.165) is 11.8 Å². The van der Waals surface area contributed by atoms with Crippen molar-refractivity contribution < 1.29 is 4.79 Å². The SMILES string of the molecule is CC(C)[C@@](C=O)(c1ccccc1)N(C)C. The van der Waals surface area contributed by atoms with E-state index >= 15 is 0 Å². The average Bonchev–Trinajstić information content (AvgIpc) is 2.20. The lowest BCUT2D eigenvalue weighted by Gasteiger charge is -2.39. The number of carbonyl (C=O) groups excluding carboxylic acids is 1. The van der Waals surface area contributed by atoms with Crippen molar-refractivity contribution in [2.24, 2.45) is 5.92 Å². The molecule has 0 aliphatic rings. The molecule has 0 saturated heterocycles. The molecule has 1 aromatic carbocycles. The Morgan fingerprint density at radius 1 is 1.20 bits per heavy atom.